The Morgan fingerprint density at radius 1 is 1.43 bits per heavy atom. The van der Waals surface area contributed by atoms with Crippen LogP contribution in [0.5, 0.6) is 0 Å². The molecule has 0 saturated carbocycles. The monoisotopic (exact) mass is 289 g/mol. The standard InChI is InChI=1S/C16H20FN3O/c1-3-7-16(8-4-9-18-16)15-19-14(20-21-15)12-6-5-11(2)13(17)10-12/h5-6,10,18H,3-4,7-9H2,1-2H3. The number of rotatable bonds is 4. The molecule has 1 fully saturated rings. The van der Waals surface area contributed by atoms with Gasteiger partial charge in [0.1, 0.15) is 5.82 Å². The number of nitrogens with zero attached hydrogens (tertiary/aromatic N) is 2. The van der Waals surface area contributed by atoms with Crippen molar-refractivity contribution in [2.45, 2.75) is 45.1 Å². The van der Waals surface area contributed by atoms with Crippen molar-refractivity contribution in [3.63, 3.8) is 0 Å². The number of hydrogen-bond donors (Lipinski definition) is 1. The van der Waals surface area contributed by atoms with Crippen LogP contribution in [0, 0.1) is 12.7 Å². The van der Waals surface area contributed by atoms with Gasteiger partial charge in [0, 0.05) is 5.56 Å². The van der Waals surface area contributed by atoms with Gasteiger partial charge in [0.25, 0.3) is 0 Å². The molecule has 1 aliphatic rings. The normalized spacial score (nSPS) is 21.9. The molecule has 3 rings (SSSR count). The summed E-state index contributed by atoms with van der Waals surface area (Å²) < 4.78 is 19.2. The summed E-state index contributed by atoms with van der Waals surface area (Å²) in [5.41, 5.74) is 1.06. The molecule has 1 N–H and O–H groups in total. The summed E-state index contributed by atoms with van der Waals surface area (Å²) in [6, 6.07) is 5.01. The molecular formula is C16H20FN3O. The van der Waals surface area contributed by atoms with Gasteiger partial charge in [-0.05, 0) is 44.4 Å². The van der Waals surface area contributed by atoms with Gasteiger partial charge in [-0.2, -0.15) is 4.98 Å². The van der Waals surface area contributed by atoms with Crippen molar-refractivity contribution in [3.05, 3.63) is 35.5 Å². The number of aromatic nitrogens is 2. The average Bonchev–Trinajstić information content (AvgIpc) is 3.12. The highest BCUT2D eigenvalue weighted by molar-refractivity contribution is 5.55. The molecule has 0 aliphatic carbocycles. The van der Waals surface area contributed by atoms with Crippen LogP contribution in [-0.2, 0) is 5.54 Å². The first-order valence-electron chi connectivity index (χ1n) is 7.50. The van der Waals surface area contributed by atoms with Crippen molar-refractivity contribution in [3.8, 4) is 11.4 Å². The summed E-state index contributed by atoms with van der Waals surface area (Å²) in [5, 5.41) is 7.54. The third-order valence-electron chi connectivity index (χ3n) is 4.19. The molecule has 1 aliphatic heterocycles. The number of aryl methyl sites for hydroxylation is 1. The Morgan fingerprint density at radius 2 is 2.29 bits per heavy atom. The minimum absolute atomic E-state index is 0.205. The van der Waals surface area contributed by atoms with Crippen LogP contribution in [0.2, 0.25) is 0 Å². The molecule has 2 aromatic rings. The summed E-state index contributed by atoms with van der Waals surface area (Å²) in [6.45, 7) is 4.85. The molecule has 1 aromatic heterocycles. The first kappa shape index (κ1) is 14.2. The number of hydrogen-bond acceptors (Lipinski definition) is 4. The largest absolute Gasteiger partial charge is 0.337 e. The van der Waals surface area contributed by atoms with Crippen LogP contribution < -0.4 is 5.32 Å². The molecule has 0 amide bonds. The summed E-state index contributed by atoms with van der Waals surface area (Å²) in [7, 11) is 0. The van der Waals surface area contributed by atoms with Gasteiger partial charge in [0.15, 0.2) is 0 Å². The SMILES string of the molecule is CCCC1(c2nc(-c3ccc(C)c(F)c3)no2)CCCN1. The van der Waals surface area contributed by atoms with Gasteiger partial charge in [-0.3, -0.25) is 0 Å². The topological polar surface area (TPSA) is 51.0 Å². The lowest BCUT2D eigenvalue weighted by Crippen LogP contribution is -2.36. The highest BCUT2D eigenvalue weighted by Crippen LogP contribution is 2.35. The number of halogens is 1. The lowest BCUT2D eigenvalue weighted by Gasteiger charge is -2.24. The minimum atomic E-state index is -0.249. The fourth-order valence-electron chi connectivity index (χ4n) is 3.00. The van der Waals surface area contributed by atoms with Crippen molar-refractivity contribution < 1.29 is 8.91 Å². The fourth-order valence-corrected chi connectivity index (χ4v) is 3.00. The molecule has 0 radical (unpaired) electrons. The Balaban J connectivity index is 1.93. The maximum Gasteiger partial charge on any atom is 0.247 e. The molecule has 1 saturated heterocycles. The zero-order valence-electron chi connectivity index (χ0n) is 12.4. The van der Waals surface area contributed by atoms with E-state index in [-0.39, 0.29) is 11.4 Å². The summed E-state index contributed by atoms with van der Waals surface area (Å²) >= 11 is 0. The first-order valence-corrected chi connectivity index (χ1v) is 7.50. The zero-order chi connectivity index (χ0) is 14.9. The van der Waals surface area contributed by atoms with Crippen LogP contribution in [0.1, 0.15) is 44.1 Å². The molecule has 1 atom stereocenters. The van der Waals surface area contributed by atoms with Crippen LogP contribution in [-0.4, -0.2) is 16.7 Å². The van der Waals surface area contributed by atoms with Crippen LogP contribution in [0.25, 0.3) is 11.4 Å². The molecule has 2 heterocycles. The zero-order valence-corrected chi connectivity index (χ0v) is 12.4. The van der Waals surface area contributed by atoms with Crippen LogP contribution in [0.4, 0.5) is 4.39 Å². The molecule has 21 heavy (non-hydrogen) atoms. The Kier molecular flexibility index (Phi) is 3.76. The predicted octanol–water partition coefficient (Wildman–Crippen LogP) is 3.56. The molecule has 1 aromatic carbocycles. The van der Waals surface area contributed by atoms with Gasteiger partial charge in [-0.1, -0.05) is 30.6 Å². The second-order valence-electron chi connectivity index (χ2n) is 5.75. The van der Waals surface area contributed by atoms with Crippen molar-refractivity contribution in [2.24, 2.45) is 0 Å². The quantitative estimate of drug-likeness (QED) is 0.935. The van der Waals surface area contributed by atoms with Crippen molar-refractivity contribution in [1.29, 1.82) is 0 Å². The van der Waals surface area contributed by atoms with E-state index in [2.05, 4.69) is 22.4 Å². The van der Waals surface area contributed by atoms with Gasteiger partial charge >= 0.3 is 0 Å². The van der Waals surface area contributed by atoms with Crippen molar-refractivity contribution >= 4 is 0 Å². The number of benzene rings is 1. The van der Waals surface area contributed by atoms with Gasteiger partial charge in [0.05, 0.1) is 5.54 Å². The van der Waals surface area contributed by atoms with Gasteiger partial charge in [-0.25, -0.2) is 4.39 Å². The lowest BCUT2D eigenvalue weighted by molar-refractivity contribution is 0.241. The minimum Gasteiger partial charge on any atom is -0.337 e. The van der Waals surface area contributed by atoms with E-state index in [0.29, 0.717) is 22.8 Å². The third-order valence-corrected chi connectivity index (χ3v) is 4.19. The fraction of sp³-hybridized carbons (Fsp3) is 0.500. The highest BCUT2D eigenvalue weighted by Gasteiger charge is 2.39. The van der Waals surface area contributed by atoms with Crippen LogP contribution >= 0.6 is 0 Å². The second kappa shape index (κ2) is 5.56. The average molecular weight is 289 g/mol. The Hall–Kier alpha value is -1.75. The summed E-state index contributed by atoms with van der Waals surface area (Å²) in [6.07, 6.45) is 4.13. The van der Waals surface area contributed by atoms with E-state index in [1.807, 2.05) is 6.07 Å². The number of nitrogens with one attached hydrogen (secondary N) is 1. The van der Waals surface area contributed by atoms with E-state index in [4.69, 9.17) is 4.52 Å². The Labute approximate surface area is 123 Å². The third kappa shape index (κ3) is 2.58. The Morgan fingerprint density at radius 3 is 2.95 bits per heavy atom. The van der Waals surface area contributed by atoms with Gasteiger partial charge in [0.2, 0.25) is 11.7 Å². The van der Waals surface area contributed by atoms with E-state index in [0.717, 1.165) is 32.2 Å². The summed E-state index contributed by atoms with van der Waals surface area (Å²) in [5.74, 6) is 0.826. The van der Waals surface area contributed by atoms with E-state index in [9.17, 15) is 4.39 Å². The van der Waals surface area contributed by atoms with Crippen molar-refractivity contribution in [1.82, 2.24) is 15.5 Å². The van der Waals surface area contributed by atoms with Gasteiger partial charge < -0.3 is 9.84 Å². The van der Waals surface area contributed by atoms with Crippen LogP contribution in [0.15, 0.2) is 22.7 Å². The summed E-state index contributed by atoms with van der Waals surface area (Å²) in [4.78, 5) is 4.52. The lowest BCUT2D eigenvalue weighted by atomic mass is 9.92. The molecule has 5 heteroatoms. The predicted molar refractivity (Wildman–Crippen MR) is 78.3 cm³/mol. The maximum absolute atomic E-state index is 13.7. The van der Waals surface area contributed by atoms with Crippen molar-refractivity contribution in [2.75, 3.05) is 6.54 Å². The van der Waals surface area contributed by atoms with Gasteiger partial charge in [-0.15, -0.1) is 0 Å². The van der Waals surface area contributed by atoms with Crippen LogP contribution in [0.3, 0.4) is 0 Å². The van der Waals surface area contributed by atoms with E-state index < -0.39 is 0 Å². The smallest absolute Gasteiger partial charge is 0.247 e. The van der Waals surface area contributed by atoms with E-state index in [1.54, 1.807) is 13.0 Å². The molecular weight excluding hydrogens is 269 g/mol. The molecule has 0 spiro atoms. The first-order chi connectivity index (χ1) is 10.1. The maximum atomic E-state index is 13.7. The molecule has 0 bridgehead atoms. The second-order valence-corrected chi connectivity index (χ2v) is 5.75. The molecule has 1 unspecified atom stereocenters. The van der Waals surface area contributed by atoms with E-state index >= 15 is 0 Å². The van der Waals surface area contributed by atoms with E-state index in [1.165, 1.54) is 6.07 Å². The Bertz CT molecular complexity index is 632. The highest BCUT2D eigenvalue weighted by atomic mass is 19.1. The molecule has 112 valence electrons. The molecule has 4 nitrogen and oxygen atoms in total.